The molecule has 12 heteroatoms. The van der Waals surface area contributed by atoms with Gasteiger partial charge >= 0.3 is 0 Å². The third-order valence-electron chi connectivity index (χ3n) is 4.10. The molecule has 3 aromatic rings. The Morgan fingerprint density at radius 1 is 1.37 bits per heavy atom. The first kappa shape index (κ1) is 21.8. The number of carbonyl (C=O) groups is 1. The van der Waals surface area contributed by atoms with Gasteiger partial charge in [-0.1, -0.05) is 23.4 Å². The lowest BCUT2D eigenvalue weighted by atomic mass is 10.2. The second-order valence-electron chi connectivity index (χ2n) is 6.64. The number of fused-ring (bicyclic) bond motifs is 1. The van der Waals surface area contributed by atoms with Crippen molar-refractivity contribution in [2.45, 2.75) is 31.6 Å². The monoisotopic (exact) mass is 449 g/mol. The minimum atomic E-state index is -0.575. The Kier molecular flexibility index (Phi) is 6.73. The number of halogens is 1. The van der Waals surface area contributed by atoms with Crippen LogP contribution < -0.4 is 10.6 Å². The standard InChI is InChI=1S/C18H20ClN7O3S/c1-10(2)22-15-13-9-21-25(16(13)24-18(23-15)30-3)7-6-20-17(27)12-8-11(26(28)29)4-5-14(12)19/h4-5,8-10H,6-7H2,1-3H3,(H,20,27)(H,22,23,24). The van der Waals surface area contributed by atoms with Crippen molar-refractivity contribution in [2.24, 2.45) is 0 Å². The fourth-order valence-corrected chi connectivity index (χ4v) is 3.31. The number of thioether (sulfide) groups is 1. The second-order valence-corrected chi connectivity index (χ2v) is 7.82. The summed E-state index contributed by atoms with van der Waals surface area (Å²) in [5.41, 5.74) is 0.501. The third kappa shape index (κ3) is 4.79. The highest BCUT2D eigenvalue weighted by Crippen LogP contribution is 2.24. The van der Waals surface area contributed by atoms with Gasteiger partial charge in [0, 0.05) is 24.7 Å². The number of rotatable bonds is 8. The van der Waals surface area contributed by atoms with E-state index in [0.29, 0.717) is 23.2 Å². The van der Waals surface area contributed by atoms with Gasteiger partial charge in [0.15, 0.2) is 10.8 Å². The number of aromatic nitrogens is 4. The topological polar surface area (TPSA) is 128 Å². The maximum Gasteiger partial charge on any atom is 0.270 e. The summed E-state index contributed by atoms with van der Waals surface area (Å²) in [4.78, 5) is 31.8. The van der Waals surface area contributed by atoms with Crippen molar-refractivity contribution in [1.29, 1.82) is 0 Å². The third-order valence-corrected chi connectivity index (χ3v) is 4.98. The maximum atomic E-state index is 12.4. The van der Waals surface area contributed by atoms with Gasteiger partial charge in [0.25, 0.3) is 11.6 Å². The number of nitro groups is 1. The van der Waals surface area contributed by atoms with E-state index in [1.807, 2.05) is 20.1 Å². The molecule has 2 heterocycles. The average molecular weight is 450 g/mol. The van der Waals surface area contributed by atoms with Gasteiger partial charge in [-0.05, 0) is 26.2 Å². The van der Waals surface area contributed by atoms with Gasteiger partial charge in [-0.2, -0.15) is 5.10 Å². The number of carbonyl (C=O) groups excluding carboxylic acids is 1. The molecule has 2 aromatic heterocycles. The lowest BCUT2D eigenvalue weighted by Gasteiger charge is -2.11. The first-order valence-corrected chi connectivity index (χ1v) is 10.7. The van der Waals surface area contributed by atoms with Gasteiger partial charge in [0.1, 0.15) is 5.82 Å². The number of nitrogens with zero attached hydrogens (tertiary/aromatic N) is 5. The number of hydrogen-bond donors (Lipinski definition) is 2. The largest absolute Gasteiger partial charge is 0.367 e. The number of amides is 1. The first-order chi connectivity index (χ1) is 14.3. The fraction of sp³-hybridized carbons (Fsp3) is 0.333. The van der Waals surface area contributed by atoms with Crippen molar-refractivity contribution < 1.29 is 9.72 Å². The Labute approximate surface area is 181 Å². The molecule has 0 fully saturated rings. The molecule has 0 atom stereocenters. The summed E-state index contributed by atoms with van der Waals surface area (Å²) in [6.45, 7) is 4.63. The molecule has 0 unspecified atom stereocenters. The molecule has 0 radical (unpaired) electrons. The van der Waals surface area contributed by atoms with Crippen molar-refractivity contribution >= 4 is 51.8 Å². The summed E-state index contributed by atoms with van der Waals surface area (Å²) in [5, 5.41) is 22.8. The lowest BCUT2D eigenvalue weighted by molar-refractivity contribution is -0.384. The van der Waals surface area contributed by atoms with E-state index in [-0.39, 0.29) is 28.9 Å². The quantitative estimate of drug-likeness (QED) is 0.232. The number of nitrogens with one attached hydrogen (secondary N) is 2. The molecule has 0 spiro atoms. The van der Waals surface area contributed by atoms with Crippen molar-refractivity contribution in [1.82, 2.24) is 25.1 Å². The molecule has 158 valence electrons. The molecule has 1 amide bonds. The summed E-state index contributed by atoms with van der Waals surface area (Å²) in [6, 6.07) is 3.93. The predicted molar refractivity (Wildman–Crippen MR) is 116 cm³/mol. The van der Waals surface area contributed by atoms with Gasteiger partial charge in [-0.25, -0.2) is 14.6 Å². The molecule has 0 aliphatic rings. The highest BCUT2D eigenvalue weighted by atomic mass is 35.5. The minimum Gasteiger partial charge on any atom is -0.367 e. The van der Waals surface area contributed by atoms with E-state index < -0.39 is 10.8 Å². The zero-order chi connectivity index (χ0) is 21.8. The molecule has 1 aromatic carbocycles. The summed E-state index contributed by atoms with van der Waals surface area (Å²) >= 11 is 7.44. The summed E-state index contributed by atoms with van der Waals surface area (Å²) in [7, 11) is 0. The van der Waals surface area contributed by atoms with Crippen LogP contribution >= 0.6 is 23.4 Å². The van der Waals surface area contributed by atoms with Gasteiger partial charge < -0.3 is 10.6 Å². The Morgan fingerprint density at radius 3 is 2.80 bits per heavy atom. The van der Waals surface area contributed by atoms with Crippen molar-refractivity contribution in [3.05, 3.63) is 45.1 Å². The van der Waals surface area contributed by atoms with E-state index in [1.54, 1.807) is 10.9 Å². The molecule has 0 saturated heterocycles. The van der Waals surface area contributed by atoms with Crippen LogP contribution in [0.1, 0.15) is 24.2 Å². The van der Waals surface area contributed by atoms with E-state index in [4.69, 9.17) is 11.6 Å². The van der Waals surface area contributed by atoms with E-state index in [2.05, 4.69) is 25.7 Å². The minimum absolute atomic E-state index is 0.0478. The molecular weight excluding hydrogens is 430 g/mol. The molecule has 10 nitrogen and oxygen atoms in total. The summed E-state index contributed by atoms with van der Waals surface area (Å²) in [6.07, 6.45) is 3.58. The van der Waals surface area contributed by atoms with Gasteiger partial charge in [-0.15, -0.1) is 0 Å². The number of anilines is 1. The van der Waals surface area contributed by atoms with Crippen molar-refractivity contribution in [2.75, 3.05) is 18.1 Å². The van der Waals surface area contributed by atoms with Crippen LogP contribution in [0.15, 0.2) is 29.6 Å². The van der Waals surface area contributed by atoms with Crippen molar-refractivity contribution in [3.8, 4) is 0 Å². The zero-order valence-electron chi connectivity index (χ0n) is 16.5. The highest BCUT2D eigenvalue weighted by molar-refractivity contribution is 7.98. The smallest absolute Gasteiger partial charge is 0.270 e. The van der Waals surface area contributed by atoms with E-state index in [1.165, 1.54) is 23.9 Å². The fourth-order valence-electron chi connectivity index (χ4n) is 2.75. The summed E-state index contributed by atoms with van der Waals surface area (Å²) < 4.78 is 1.68. The van der Waals surface area contributed by atoms with Crippen LogP contribution in [0, 0.1) is 10.1 Å². The number of hydrogen-bond acceptors (Lipinski definition) is 8. The van der Waals surface area contributed by atoms with Crippen LogP contribution in [0.4, 0.5) is 11.5 Å². The Balaban J connectivity index is 1.76. The van der Waals surface area contributed by atoms with Crippen molar-refractivity contribution in [3.63, 3.8) is 0 Å². The summed E-state index contributed by atoms with van der Waals surface area (Å²) in [5.74, 6) is 0.208. The lowest BCUT2D eigenvalue weighted by Crippen LogP contribution is -2.28. The van der Waals surface area contributed by atoms with E-state index in [9.17, 15) is 14.9 Å². The maximum absolute atomic E-state index is 12.4. The molecule has 0 saturated carbocycles. The Bertz CT molecular complexity index is 1100. The van der Waals surface area contributed by atoms with Crippen LogP contribution in [0.2, 0.25) is 5.02 Å². The molecule has 0 aliphatic heterocycles. The van der Waals surface area contributed by atoms with E-state index >= 15 is 0 Å². The molecule has 0 aliphatic carbocycles. The molecule has 3 rings (SSSR count). The van der Waals surface area contributed by atoms with Gasteiger partial charge in [0.2, 0.25) is 0 Å². The second kappa shape index (κ2) is 9.26. The van der Waals surface area contributed by atoms with Gasteiger partial charge in [-0.3, -0.25) is 14.9 Å². The number of benzene rings is 1. The Hall–Kier alpha value is -2.92. The number of nitro benzene ring substituents is 1. The SMILES string of the molecule is CSc1nc(NC(C)C)c2cnn(CCNC(=O)c3cc([N+](=O)[O-])ccc3Cl)c2n1. The van der Waals surface area contributed by atoms with Crippen LogP contribution in [0.5, 0.6) is 0 Å². The first-order valence-electron chi connectivity index (χ1n) is 9.06. The molecule has 30 heavy (non-hydrogen) atoms. The molecule has 2 N–H and O–H groups in total. The normalized spacial score (nSPS) is 11.1. The molecular formula is C18H20ClN7O3S. The predicted octanol–water partition coefficient (Wildman–Crippen LogP) is 3.36. The van der Waals surface area contributed by atoms with Crippen LogP contribution in [0.25, 0.3) is 11.0 Å². The average Bonchev–Trinajstić information content (AvgIpc) is 3.10. The van der Waals surface area contributed by atoms with Crippen LogP contribution in [-0.4, -0.2) is 49.4 Å². The van der Waals surface area contributed by atoms with Crippen LogP contribution in [-0.2, 0) is 6.54 Å². The zero-order valence-corrected chi connectivity index (χ0v) is 18.1. The molecule has 0 bridgehead atoms. The highest BCUT2D eigenvalue weighted by Gasteiger charge is 2.17. The van der Waals surface area contributed by atoms with Crippen LogP contribution in [0.3, 0.4) is 0 Å². The van der Waals surface area contributed by atoms with E-state index in [0.717, 1.165) is 11.5 Å². The van der Waals surface area contributed by atoms with Gasteiger partial charge in [0.05, 0.1) is 33.6 Å². The Morgan fingerprint density at radius 2 is 2.13 bits per heavy atom. The number of non-ortho nitro benzene ring substituents is 1.